The third-order valence-electron chi connectivity index (χ3n) is 3.02. The first-order valence-corrected chi connectivity index (χ1v) is 6.79. The predicted molar refractivity (Wildman–Crippen MR) is 80.4 cm³/mol. The van der Waals surface area contributed by atoms with Crippen molar-refractivity contribution in [3.63, 3.8) is 0 Å². The van der Waals surface area contributed by atoms with E-state index in [1.54, 1.807) is 18.1 Å². The van der Waals surface area contributed by atoms with Gasteiger partial charge in [0.15, 0.2) is 0 Å². The summed E-state index contributed by atoms with van der Waals surface area (Å²) >= 11 is 0. The molecule has 1 aromatic heterocycles. The van der Waals surface area contributed by atoms with E-state index in [0.717, 1.165) is 16.9 Å². The zero-order chi connectivity index (χ0) is 15.2. The molecule has 0 saturated heterocycles. The third kappa shape index (κ3) is 4.27. The summed E-state index contributed by atoms with van der Waals surface area (Å²) in [5, 5.41) is 0. The molecule has 2 rings (SSSR count). The lowest BCUT2D eigenvalue weighted by molar-refractivity contribution is 0.0767. The van der Waals surface area contributed by atoms with Gasteiger partial charge in [-0.1, -0.05) is 6.07 Å². The quantitative estimate of drug-likeness (QED) is 0.845. The van der Waals surface area contributed by atoms with E-state index in [4.69, 9.17) is 4.74 Å². The van der Waals surface area contributed by atoms with Crippen LogP contribution < -0.4 is 4.74 Å². The first kappa shape index (κ1) is 15.0. The number of hydrogen-bond acceptors (Lipinski definition) is 4. The molecule has 0 N–H and O–H groups in total. The number of aryl methyl sites for hydroxylation is 2. The molecular formula is C16H19N3O2. The molecule has 1 aromatic carbocycles. The van der Waals surface area contributed by atoms with Gasteiger partial charge >= 0.3 is 0 Å². The van der Waals surface area contributed by atoms with Gasteiger partial charge in [-0.3, -0.25) is 9.78 Å². The number of nitrogens with zero attached hydrogens (tertiary/aromatic N) is 3. The fraction of sp³-hybridized carbons (Fsp3) is 0.312. The molecule has 0 spiro atoms. The highest BCUT2D eigenvalue weighted by molar-refractivity contribution is 5.91. The summed E-state index contributed by atoms with van der Waals surface area (Å²) in [4.78, 5) is 21.5. The van der Waals surface area contributed by atoms with Gasteiger partial charge in [0.05, 0.1) is 12.7 Å². The summed E-state index contributed by atoms with van der Waals surface area (Å²) in [7, 11) is 1.72. The summed E-state index contributed by atoms with van der Waals surface area (Å²) in [5.74, 6) is 0.667. The topological polar surface area (TPSA) is 55.3 Å². The number of ether oxygens (including phenoxy) is 1. The second-order valence-corrected chi connectivity index (χ2v) is 4.99. The number of rotatable bonds is 5. The molecule has 0 aliphatic rings. The minimum absolute atomic E-state index is 0.160. The maximum atomic E-state index is 12.1. The summed E-state index contributed by atoms with van der Waals surface area (Å²) in [5.41, 5.74) is 2.66. The van der Waals surface area contributed by atoms with Crippen LogP contribution in [0.5, 0.6) is 5.75 Å². The van der Waals surface area contributed by atoms with Crippen molar-refractivity contribution in [2.45, 2.75) is 13.8 Å². The maximum absolute atomic E-state index is 12.1. The van der Waals surface area contributed by atoms with E-state index in [9.17, 15) is 4.79 Å². The lowest BCUT2D eigenvalue weighted by atomic mass is 10.1. The van der Waals surface area contributed by atoms with Crippen LogP contribution in [0.25, 0.3) is 0 Å². The molecule has 5 heteroatoms. The number of likely N-dealkylation sites (N-methyl/N-ethyl adjacent to an activating group) is 1. The highest BCUT2D eigenvalue weighted by Gasteiger charge is 2.12. The third-order valence-corrected chi connectivity index (χ3v) is 3.02. The minimum Gasteiger partial charge on any atom is -0.492 e. The van der Waals surface area contributed by atoms with Crippen LogP contribution in [0.3, 0.4) is 0 Å². The van der Waals surface area contributed by atoms with Crippen LogP contribution in [0.15, 0.2) is 36.8 Å². The Balaban J connectivity index is 1.87. The molecule has 1 heterocycles. The van der Waals surface area contributed by atoms with Gasteiger partial charge in [-0.15, -0.1) is 0 Å². The molecule has 0 radical (unpaired) electrons. The molecule has 0 aliphatic heterocycles. The monoisotopic (exact) mass is 285 g/mol. The van der Waals surface area contributed by atoms with Crippen LogP contribution in [0, 0.1) is 13.8 Å². The van der Waals surface area contributed by atoms with Crippen LogP contribution in [-0.4, -0.2) is 41.0 Å². The Morgan fingerprint density at radius 2 is 1.90 bits per heavy atom. The van der Waals surface area contributed by atoms with Gasteiger partial charge < -0.3 is 9.64 Å². The Kier molecular flexibility index (Phi) is 4.87. The van der Waals surface area contributed by atoms with Gasteiger partial charge in [0.25, 0.3) is 5.91 Å². The second-order valence-electron chi connectivity index (χ2n) is 4.99. The number of amides is 1. The van der Waals surface area contributed by atoms with Crippen molar-refractivity contribution in [3.8, 4) is 5.75 Å². The number of aromatic nitrogens is 2. The normalized spacial score (nSPS) is 10.2. The molecule has 21 heavy (non-hydrogen) atoms. The van der Waals surface area contributed by atoms with Crippen LogP contribution in [-0.2, 0) is 0 Å². The zero-order valence-electron chi connectivity index (χ0n) is 12.5. The van der Waals surface area contributed by atoms with Crippen molar-refractivity contribution in [1.82, 2.24) is 14.9 Å². The Labute approximate surface area is 124 Å². The number of hydrogen-bond donors (Lipinski definition) is 0. The lowest BCUT2D eigenvalue weighted by Gasteiger charge is -2.17. The molecule has 2 aromatic rings. The average Bonchev–Trinajstić information content (AvgIpc) is 2.46. The van der Waals surface area contributed by atoms with Crippen LogP contribution in [0.2, 0.25) is 0 Å². The van der Waals surface area contributed by atoms with Gasteiger partial charge in [0.2, 0.25) is 0 Å². The summed E-state index contributed by atoms with van der Waals surface area (Å²) in [6.07, 6.45) is 4.51. The molecule has 0 unspecified atom stereocenters. The van der Waals surface area contributed by atoms with Gasteiger partial charge in [0, 0.05) is 19.4 Å². The molecule has 0 fully saturated rings. The van der Waals surface area contributed by atoms with Crippen molar-refractivity contribution in [1.29, 1.82) is 0 Å². The second kappa shape index (κ2) is 6.83. The van der Waals surface area contributed by atoms with Crippen molar-refractivity contribution >= 4 is 5.91 Å². The van der Waals surface area contributed by atoms with E-state index in [0.29, 0.717) is 18.8 Å². The van der Waals surface area contributed by atoms with E-state index < -0.39 is 0 Å². The number of benzene rings is 1. The van der Waals surface area contributed by atoms with E-state index in [-0.39, 0.29) is 5.91 Å². The number of carbonyl (C=O) groups is 1. The SMILES string of the molecule is Cc1cc(C)cc(OCCN(C)C(=O)c2cnccn2)c1. The number of carbonyl (C=O) groups excluding carboxylic acids is 1. The van der Waals surface area contributed by atoms with Crippen LogP contribution in [0.1, 0.15) is 21.6 Å². The van der Waals surface area contributed by atoms with Crippen molar-refractivity contribution < 1.29 is 9.53 Å². The molecule has 110 valence electrons. The van der Waals surface area contributed by atoms with E-state index >= 15 is 0 Å². The summed E-state index contributed by atoms with van der Waals surface area (Å²) in [6, 6.07) is 6.06. The maximum Gasteiger partial charge on any atom is 0.273 e. The zero-order valence-corrected chi connectivity index (χ0v) is 12.5. The Morgan fingerprint density at radius 1 is 1.19 bits per heavy atom. The van der Waals surface area contributed by atoms with Gasteiger partial charge in [-0.25, -0.2) is 4.98 Å². The largest absolute Gasteiger partial charge is 0.492 e. The molecule has 0 atom stereocenters. The van der Waals surface area contributed by atoms with E-state index in [2.05, 4.69) is 16.0 Å². The molecule has 5 nitrogen and oxygen atoms in total. The first-order chi connectivity index (χ1) is 10.1. The van der Waals surface area contributed by atoms with Crippen LogP contribution >= 0.6 is 0 Å². The van der Waals surface area contributed by atoms with Crippen LogP contribution in [0.4, 0.5) is 0 Å². The Hall–Kier alpha value is -2.43. The van der Waals surface area contributed by atoms with Gasteiger partial charge in [0.1, 0.15) is 18.1 Å². The summed E-state index contributed by atoms with van der Waals surface area (Å²) < 4.78 is 5.69. The van der Waals surface area contributed by atoms with Gasteiger partial charge in [-0.2, -0.15) is 0 Å². The van der Waals surface area contributed by atoms with Crippen molar-refractivity contribution in [2.75, 3.05) is 20.2 Å². The molecule has 0 aliphatic carbocycles. The van der Waals surface area contributed by atoms with Crippen molar-refractivity contribution in [2.24, 2.45) is 0 Å². The average molecular weight is 285 g/mol. The minimum atomic E-state index is -0.160. The van der Waals surface area contributed by atoms with E-state index in [1.165, 1.54) is 12.4 Å². The predicted octanol–water partition coefficient (Wildman–Crippen LogP) is 2.24. The Bertz CT molecular complexity index is 594. The fourth-order valence-electron chi connectivity index (χ4n) is 2.02. The lowest BCUT2D eigenvalue weighted by Crippen LogP contribution is -2.31. The molecule has 1 amide bonds. The smallest absolute Gasteiger partial charge is 0.273 e. The highest BCUT2D eigenvalue weighted by atomic mass is 16.5. The summed E-state index contributed by atoms with van der Waals surface area (Å²) in [6.45, 7) is 4.99. The fourth-order valence-corrected chi connectivity index (χ4v) is 2.02. The standard InChI is InChI=1S/C16H19N3O2/c1-12-8-13(2)10-14(9-12)21-7-6-19(3)16(20)15-11-17-4-5-18-15/h4-5,8-11H,6-7H2,1-3H3. The Morgan fingerprint density at radius 3 is 2.52 bits per heavy atom. The van der Waals surface area contributed by atoms with E-state index in [1.807, 2.05) is 26.0 Å². The molecule has 0 saturated carbocycles. The highest BCUT2D eigenvalue weighted by Crippen LogP contribution is 2.16. The molecular weight excluding hydrogens is 266 g/mol. The van der Waals surface area contributed by atoms with Crippen molar-refractivity contribution in [3.05, 3.63) is 53.6 Å². The molecule has 0 bridgehead atoms. The van der Waals surface area contributed by atoms with Gasteiger partial charge in [-0.05, 0) is 37.1 Å². The first-order valence-electron chi connectivity index (χ1n) is 6.79.